The Morgan fingerprint density at radius 2 is 2.08 bits per heavy atom. The lowest BCUT2D eigenvalue weighted by Crippen LogP contribution is -2.43. The molecule has 0 aromatic heterocycles. The van der Waals surface area contributed by atoms with Crippen LogP contribution in [-0.4, -0.2) is 35.9 Å². The summed E-state index contributed by atoms with van der Waals surface area (Å²) in [6, 6.07) is 4.87. The number of carbonyl (C=O) groups is 2. The summed E-state index contributed by atoms with van der Waals surface area (Å²) in [5, 5.41) is 3.36. The molecule has 2 amide bonds. The first-order chi connectivity index (χ1) is 12.0. The number of anilines is 1. The van der Waals surface area contributed by atoms with Gasteiger partial charge in [0.2, 0.25) is 11.8 Å². The van der Waals surface area contributed by atoms with Gasteiger partial charge in [0, 0.05) is 18.2 Å². The molecule has 1 saturated carbocycles. The summed E-state index contributed by atoms with van der Waals surface area (Å²) in [5.41, 5.74) is 0.623. The van der Waals surface area contributed by atoms with Crippen LogP contribution in [0.5, 0.6) is 5.75 Å². The second kappa shape index (κ2) is 7.65. The van der Waals surface area contributed by atoms with Gasteiger partial charge in [0.05, 0.1) is 11.6 Å². The van der Waals surface area contributed by atoms with Crippen molar-refractivity contribution in [3.63, 3.8) is 0 Å². The minimum Gasteiger partial charge on any atom is -0.492 e. The first-order valence-electron chi connectivity index (χ1n) is 8.99. The van der Waals surface area contributed by atoms with E-state index in [1.54, 1.807) is 23.1 Å². The number of benzene rings is 1. The molecule has 2 fully saturated rings. The molecule has 1 aromatic carbocycles. The fourth-order valence-corrected chi connectivity index (χ4v) is 3.28. The van der Waals surface area contributed by atoms with Crippen LogP contribution in [0.4, 0.5) is 5.69 Å². The number of halogens is 1. The van der Waals surface area contributed by atoms with Gasteiger partial charge in [-0.05, 0) is 49.8 Å². The average Bonchev–Trinajstić information content (AvgIpc) is 3.29. The minimum absolute atomic E-state index is 0.133. The van der Waals surface area contributed by atoms with Gasteiger partial charge in [-0.15, -0.1) is 0 Å². The summed E-state index contributed by atoms with van der Waals surface area (Å²) in [5.74, 6) is 1.15. The third kappa shape index (κ3) is 4.46. The van der Waals surface area contributed by atoms with E-state index in [1.165, 1.54) is 0 Å². The molecule has 1 N–H and O–H groups in total. The summed E-state index contributed by atoms with van der Waals surface area (Å²) in [6.07, 6.45) is 3.50. The maximum atomic E-state index is 12.6. The zero-order valence-corrected chi connectivity index (χ0v) is 15.5. The third-order valence-electron chi connectivity index (χ3n) is 4.54. The van der Waals surface area contributed by atoms with Gasteiger partial charge in [0.1, 0.15) is 11.8 Å². The number of hydrogen-bond acceptors (Lipinski definition) is 3. The normalized spacial score (nSPS) is 20.0. The van der Waals surface area contributed by atoms with E-state index in [4.69, 9.17) is 16.3 Å². The molecule has 0 spiro atoms. The van der Waals surface area contributed by atoms with Crippen molar-refractivity contribution in [2.45, 2.75) is 45.6 Å². The van der Waals surface area contributed by atoms with Crippen LogP contribution in [-0.2, 0) is 9.59 Å². The second-order valence-corrected chi connectivity index (χ2v) is 7.71. The van der Waals surface area contributed by atoms with E-state index in [2.05, 4.69) is 19.2 Å². The van der Waals surface area contributed by atoms with Gasteiger partial charge in [-0.1, -0.05) is 25.4 Å². The standard InChI is InChI=1S/C19H25ClN2O3/c1-12(2)11-25-17-8-7-14(10-15(17)20)21-18(23)16-4-3-9-22(16)19(24)13-5-6-13/h7-8,10,12-13,16H,3-6,9,11H2,1-2H3,(H,21,23). The predicted octanol–water partition coefficient (Wildman–Crippen LogP) is 3.71. The number of amides is 2. The summed E-state index contributed by atoms with van der Waals surface area (Å²) < 4.78 is 5.64. The molecule has 136 valence electrons. The van der Waals surface area contributed by atoms with Crippen molar-refractivity contribution in [3.05, 3.63) is 23.2 Å². The van der Waals surface area contributed by atoms with Crippen LogP contribution in [0, 0.1) is 11.8 Å². The Hall–Kier alpha value is -1.75. The van der Waals surface area contributed by atoms with E-state index in [-0.39, 0.29) is 23.8 Å². The molecular formula is C19H25ClN2O3. The molecule has 1 heterocycles. The van der Waals surface area contributed by atoms with Crippen LogP contribution < -0.4 is 10.1 Å². The van der Waals surface area contributed by atoms with Gasteiger partial charge in [0.25, 0.3) is 0 Å². The number of carbonyl (C=O) groups excluding carboxylic acids is 2. The summed E-state index contributed by atoms with van der Waals surface area (Å²) in [7, 11) is 0. The number of hydrogen-bond donors (Lipinski definition) is 1. The molecular weight excluding hydrogens is 340 g/mol. The van der Waals surface area contributed by atoms with Crippen molar-refractivity contribution < 1.29 is 14.3 Å². The predicted molar refractivity (Wildman–Crippen MR) is 97.9 cm³/mol. The van der Waals surface area contributed by atoms with Crippen molar-refractivity contribution in [1.82, 2.24) is 4.90 Å². The van der Waals surface area contributed by atoms with Crippen LogP contribution in [0.15, 0.2) is 18.2 Å². The van der Waals surface area contributed by atoms with Gasteiger partial charge in [-0.25, -0.2) is 0 Å². The zero-order valence-electron chi connectivity index (χ0n) is 14.8. The fourth-order valence-electron chi connectivity index (χ4n) is 3.05. The van der Waals surface area contributed by atoms with Gasteiger partial charge in [-0.3, -0.25) is 9.59 Å². The van der Waals surface area contributed by atoms with E-state index >= 15 is 0 Å². The lowest BCUT2D eigenvalue weighted by Gasteiger charge is -2.24. The third-order valence-corrected chi connectivity index (χ3v) is 4.83. The van der Waals surface area contributed by atoms with Crippen molar-refractivity contribution in [3.8, 4) is 5.75 Å². The zero-order chi connectivity index (χ0) is 18.0. The van der Waals surface area contributed by atoms with Crippen LogP contribution in [0.2, 0.25) is 5.02 Å². The van der Waals surface area contributed by atoms with E-state index in [9.17, 15) is 9.59 Å². The van der Waals surface area contributed by atoms with Crippen molar-refractivity contribution in [2.75, 3.05) is 18.5 Å². The maximum Gasteiger partial charge on any atom is 0.247 e. The monoisotopic (exact) mass is 364 g/mol. The molecule has 0 bridgehead atoms. The first-order valence-corrected chi connectivity index (χ1v) is 9.37. The number of nitrogens with one attached hydrogen (secondary N) is 1. The number of nitrogens with zero attached hydrogens (tertiary/aromatic N) is 1. The summed E-state index contributed by atoms with van der Waals surface area (Å²) in [4.78, 5) is 26.7. The van der Waals surface area contributed by atoms with E-state index in [0.717, 1.165) is 19.3 Å². The van der Waals surface area contributed by atoms with Crippen molar-refractivity contribution in [1.29, 1.82) is 0 Å². The summed E-state index contributed by atoms with van der Waals surface area (Å²) >= 11 is 6.24. The van der Waals surface area contributed by atoms with Crippen molar-refractivity contribution in [2.24, 2.45) is 11.8 Å². The Morgan fingerprint density at radius 1 is 1.32 bits per heavy atom. The molecule has 3 rings (SSSR count). The lowest BCUT2D eigenvalue weighted by atomic mass is 10.2. The highest BCUT2D eigenvalue weighted by atomic mass is 35.5. The molecule has 2 aliphatic rings. The topological polar surface area (TPSA) is 58.6 Å². The highest BCUT2D eigenvalue weighted by Gasteiger charge is 2.40. The molecule has 5 nitrogen and oxygen atoms in total. The molecule has 6 heteroatoms. The average molecular weight is 365 g/mol. The number of ether oxygens (including phenoxy) is 1. The van der Waals surface area contributed by atoms with Crippen molar-refractivity contribution >= 4 is 29.1 Å². The second-order valence-electron chi connectivity index (χ2n) is 7.30. The lowest BCUT2D eigenvalue weighted by molar-refractivity contribution is -0.137. The van der Waals surface area contributed by atoms with E-state index in [0.29, 0.717) is 41.9 Å². The highest BCUT2D eigenvalue weighted by Crippen LogP contribution is 2.34. The highest BCUT2D eigenvalue weighted by molar-refractivity contribution is 6.32. The molecule has 1 saturated heterocycles. The SMILES string of the molecule is CC(C)COc1ccc(NC(=O)C2CCCN2C(=O)C2CC2)cc1Cl. The quantitative estimate of drug-likeness (QED) is 0.837. The smallest absolute Gasteiger partial charge is 0.247 e. The minimum atomic E-state index is -0.372. The van der Waals surface area contributed by atoms with Gasteiger partial charge in [-0.2, -0.15) is 0 Å². The summed E-state index contributed by atoms with van der Waals surface area (Å²) in [6.45, 7) is 5.40. The molecule has 25 heavy (non-hydrogen) atoms. The fraction of sp³-hybridized carbons (Fsp3) is 0.579. The first kappa shape index (κ1) is 18.1. The molecule has 0 radical (unpaired) electrons. The van der Waals surface area contributed by atoms with Crippen LogP contribution in [0.3, 0.4) is 0 Å². The molecule has 1 aliphatic carbocycles. The molecule has 1 unspecified atom stereocenters. The van der Waals surface area contributed by atoms with Gasteiger partial charge >= 0.3 is 0 Å². The van der Waals surface area contributed by atoms with E-state index in [1.807, 2.05) is 0 Å². The van der Waals surface area contributed by atoms with E-state index < -0.39 is 0 Å². The number of rotatable bonds is 6. The Balaban J connectivity index is 1.62. The Labute approximate surface area is 153 Å². The maximum absolute atomic E-state index is 12.6. The molecule has 1 atom stereocenters. The Morgan fingerprint density at radius 3 is 2.72 bits per heavy atom. The van der Waals surface area contributed by atoms with Crippen LogP contribution in [0.25, 0.3) is 0 Å². The largest absolute Gasteiger partial charge is 0.492 e. The van der Waals surface area contributed by atoms with Gasteiger partial charge < -0.3 is 15.0 Å². The Bertz CT molecular complexity index is 658. The van der Waals surface area contributed by atoms with Crippen LogP contribution >= 0.6 is 11.6 Å². The molecule has 1 aromatic rings. The van der Waals surface area contributed by atoms with Crippen LogP contribution in [0.1, 0.15) is 39.5 Å². The Kier molecular flexibility index (Phi) is 5.52. The molecule has 1 aliphatic heterocycles. The van der Waals surface area contributed by atoms with Gasteiger partial charge in [0.15, 0.2) is 0 Å². The number of likely N-dealkylation sites (tertiary alicyclic amines) is 1.